The average molecular weight is 365 g/mol. The molecular weight excluding hydrogens is 356 g/mol. The molecule has 3 rings (SSSR count). The maximum atomic E-state index is 12.4. The van der Waals surface area contributed by atoms with E-state index in [1.807, 2.05) is 0 Å². The minimum absolute atomic E-state index is 0.135. The molecule has 2 N–H and O–H groups in total. The Labute approximate surface area is 132 Å². The van der Waals surface area contributed by atoms with Crippen LogP contribution in [-0.2, 0) is 9.59 Å². The Hall–Kier alpha value is -1.99. The number of hydrogen-bond donors (Lipinski definition) is 2. The number of benzene rings is 1. The Bertz CT molecular complexity index is 769. The maximum absolute atomic E-state index is 12.4. The van der Waals surface area contributed by atoms with Crippen LogP contribution in [0, 0.1) is 0 Å². The number of ketones is 1. The first-order chi connectivity index (χ1) is 10.0. The van der Waals surface area contributed by atoms with Crippen molar-refractivity contribution < 1.29 is 14.4 Å². The SMILES string of the molecule is O=C1CC(=O)Nc2cc(C(=O)c3csc(Br)c3)ccc2N1. The van der Waals surface area contributed by atoms with Gasteiger partial charge in [-0.3, -0.25) is 14.4 Å². The molecule has 2 heterocycles. The Morgan fingerprint density at radius 2 is 1.76 bits per heavy atom. The molecule has 0 saturated heterocycles. The fraction of sp³-hybridized carbons (Fsp3) is 0.0714. The van der Waals surface area contributed by atoms with Crippen molar-refractivity contribution in [2.75, 3.05) is 10.6 Å². The van der Waals surface area contributed by atoms with Crippen LogP contribution in [0.4, 0.5) is 11.4 Å². The number of rotatable bonds is 2. The van der Waals surface area contributed by atoms with E-state index in [9.17, 15) is 14.4 Å². The molecule has 1 aromatic heterocycles. The van der Waals surface area contributed by atoms with Crippen molar-refractivity contribution in [3.8, 4) is 0 Å². The fourth-order valence-electron chi connectivity index (χ4n) is 2.03. The normalized spacial score (nSPS) is 14.0. The highest BCUT2D eigenvalue weighted by Crippen LogP contribution is 2.28. The molecule has 2 aromatic rings. The number of carbonyl (C=O) groups is 3. The summed E-state index contributed by atoms with van der Waals surface area (Å²) in [5.74, 6) is -0.897. The van der Waals surface area contributed by atoms with Gasteiger partial charge in [0.1, 0.15) is 6.42 Å². The first-order valence-corrected chi connectivity index (χ1v) is 7.72. The molecule has 0 saturated carbocycles. The standard InChI is InChI=1S/C14H9BrN2O3S/c15-11-4-8(6-21-11)14(20)7-1-2-9-10(3-7)17-13(19)5-12(18)16-9/h1-4,6H,5H2,(H,16,18)(H,17,19). The van der Waals surface area contributed by atoms with Crippen LogP contribution in [0.25, 0.3) is 0 Å². The van der Waals surface area contributed by atoms with Gasteiger partial charge in [-0.1, -0.05) is 0 Å². The number of halogens is 1. The number of thiophene rings is 1. The molecule has 0 unspecified atom stereocenters. The summed E-state index contributed by atoms with van der Waals surface area (Å²) in [7, 11) is 0. The van der Waals surface area contributed by atoms with E-state index in [2.05, 4.69) is 26.6 Å². The van der Waals surface area contributed by atoms with E-state index in [0.29, 0.717) is 22.5 Å². The molecule has 0 radical (unpaired) electrons. The molecular formula is C14H9BrN2O3S. The third-order valence-corrected chi connectivity index (χ3v) is 4.49. The monoisotopic (exact) mass is 364 g/mol. The molecule has 0 spiro atoms. The first kappa shape index (κ1) is 14.0. The molecule has 0 atom stereocenters. The minimum atomic E-state index is -0.394. The molecule has 7 heteroatoms. The van der Waals surface area contributed by atoms with Gasteiger partial charge in [-0.05, 0) is 40.2 Å². The smallest absolute Gasteiger partial charge is 0.233 e. The number of fused-ring (bicyclic) bond motifs is 1. The van der Waals surface area contributed by atoms with Gasteiger partial charge in [-0.15, -0.1) is 11.3 Å². The highest BCUT2D eigenvalue weighted by molar-refractivity contribution is 9.11. The average Bonchev–Trinajstić information content (AvgIpc) is 2.79. The van der Waals surface area contributed by atoms with E-state index in [4.69, 9.17) is 0 Å². The number of hydrogen-bond acceptors (Lipinski definition) is 4. The lowest BCUT2D eigenvalue weighted by Crippen LogP contribution is -2.16. The zero-order valence-corrected chi connectivity index (χ0v) is 13.0. The number of carbonyl (C=O) groups excluding carboxylic acids is 3. The zero-order chi connectivity index (χ0) is 15.0. The van der Waals surface area contributed by atoms with Gasteiger partial charge in [-0.25, -0.2) is 0 Å². The van der Waals surface area contributed by atoms with Crippen molar-refractivity contribution in [2.24, 2.45) is 0 Å². The first-order valence-electron chi connectivity index (χ1n) is 6.05. The van der Waals surface area contributed by atoms with Crippen molar-refractivity contribution >= 4 is 56.2 Å². The predicted octanol–water partition coefficient (Wildman–Crippen LogP) is 3.02. The van der Waals surface area contributed by atoms with Crippen LogP contribution in [0.2, 0.25) is 0 Å². The second-order valence-electron chi connectivity index (χ2n) is 4.50. The molecule has 2 amide bonds. The van der Waals surface area contributed by atoms with Gasteiger partial charge in [0, 0.05) is 16.5 Å². The molecule has 1 aliphatic heterocycles. The predicted molar refractivity (Wildman–Crippen MR) is 83.8 cm³/mol. The summed E-state index contributed by atoms with van der Waals surface area (Å²) in [6.07, 6.45) is -0.227. The van der Waals surface area contributed by atoms with Gasteiger partial charge in [0.2, 0.25) is 11.8 Å². The van der Waals surface area contributed by atoms with Gasteiger partial charge < -0.3 is 10.6 Å². The van der Waals surface area contributed by atoms with Crippen LogP contribution < -0.4 is 10.6 Å². The van der Waals surface area contributed by atoms with Gasteiger partial charge >= 0.3 is 0 Å². The summed E-state index contributed by atoms with van der Waals surface area (Å²) in [6, 6.07) is 6.57. The van der Waals surface area contributed by atoms with E-state index in [-0.39, 0.29) is 18.1 Å². The Kier molecular flexibility index (Phi) is 3.60. The highest BCUT2D eigenvalue weighted by atomic mass is 79.9. The van der Waals surface area contributed by atoms with Crippen molar-refractivity contribution in [2.45, 2.75) is 6.42 Å². The highest BCUT2D eigenvalue weighted by Gasteiger charge is 2.20. The topological polar surface area (TPSA) is 75.3 Å². The van der Waals surface area contributed by atoms with Crippen LogP contribution in [0.3, 0.4) is 0 Å². The number of anilines is 2. The van der Waals surface area contributed by atoms with Crippen molar-refractivity contribution in [1.82, 2.24) is 0 Å². The summed E-state index contributed by atoms with van der Waals surface area (Å²) in [6.45, 7) is 0. The second-order valence-corrected chi connectivity index (χ2v) is 6.79. The van der Waals surface area contributed by atoms with Crippen molar-refractivity contribution in [3.63, 3.8) is 0 Å². The third kappa shape index (κ3) is 2.88. The third-order valence-electron chi connectivity index (χ3n) is 2.98. The lowest BCUT2D eigenvalue weighted by Gasteiger charge is -2.08. The van der Waals surface area contributed by atoms with Crippen LogP contribution in [-0.4, -0.2) is 17.6 Å². The lowest BCUT2D eigenvalue weighted by atomic mass is 10.0. The van der Waals surface area contributed by atoms with E-state index in [0.717, 1.165) is 3.79 Å². The van der Waals surface area contributed by atoms with Gasteiger partial charge in [0.05, 0.1) is 15.2 Å². The minimum Gasteiger partial charge on any atom is -0.324 e. The molecule has 1 aliphatic rings. The van der Waals surface area contributed by atoms with Crippen molar-refractivity contribution in [1.29, 1.82) is 0 Å². The summed E-state index contributed by atoms with van der Waals surface area (Å²) < 4.78 is 0.876. The quantitative estimate of drug-likeness (QED) is 0.635. The van der Waals surface area contributed by atoms with Gasteiger partial charge in [0.25, 0.3) is 0 Å². The lowest BCUT2D eigenvalue weighted by molar-refractivity contribution is -0.123. The zero-order valence-electron chi connectivity index (χ0n) is 10.6. The Balaban J connectivity index is 1.97. The van der Waals surface area contributed by atoms with Gasteiger partial charge in [-0.2, -0.15) is 0 Å². The maximum Gasteiger partial charge on any atom is 0.233 e. The van der Waals surface area contributed by atoms with E-state index >= 15 is 0 Å². The van der Waals surface area contributed by atoms with Gasteiger partial charge in [0.15, 0.2) is 5.78 Å². The second kappa shape index (κ2) is 5.42. The molecule has 0 fully saturated rings. The summed E-state index contributed by atoms with van der Waals surface area (Å²) in [5.41, 5.74) is 1.96. The summed E-state index contributed by atoms with van der Waals surface area (Å²) in [4.78, 5) is 35.4. The summed E-state index contributed by atoms with van der Waals surface area (Å²) >= 11 is 4.75. The fourth-order valence-corrected chi connectivity index (χ4v) is 3.16. The molecule has 1 aromatic carbocycles. The van der Waals surface area contributed by atoms with Crippen LogP contribution in [0.1, 0.15) is 22.3 Å². The Morgan fingerprint density at radius 3 is 2.43 bits per heavy atom. The largest absolute Gasteiger partial charge is 0.324 e. The molecule has 21 heavy (non-hydrogen) atoms. The van der Waals surface area contributed by atoms with Crippen molar-refractivity contribution in [3.05, 3.63) is 44.6 Å². The number of amides is 2. The Morgan fingerprint density at radius 1 is 1.05 bits per heavy atom. The molecule has 0 bridgehead atoms. The molecule has 0 aliphatic carbocycles. The van der Waals surface area contributed by atoms with Crippen LogP contribution >= 0.6 is 27.3 Å². The van der Waals surface area contributed by atoms with Crippen LogP contribution in [0.15, 0.2) is 33.4 Å². The molecule has 106 valence electrons. The number of nitrogens with one attached hydrogen (secondary N) is 2. The van der Waals surface area contributed by atoms with E-state index < -0.39 is 5.91 Å². The van der Waals surface area contributed by atoms with Crippen LogP contribution in [0.5, 0.6) is 0 Å². The molecule has 5 nitrogen and oxygen atoms in total. The van der Waals surface area contributed by atoms with E-state index in [1.165, 1.54) is 11.3 Å². The summed E-state index contributed by atoms with van der Waals surface area (Å²) in [5, 5.41) is 7.01. The van der Waals surface area contributed by atoms with E-state index in [1.54, 1.807) is 29.6 Å².